The molecule has 1 fully saturated rings. The van der Waals surface area contributed by atoms with Crippen LogP contribution in [0.15, 0.2) is 24.3 Å². The van der Waals surface area contributed by atoms with Crippen molar-refractivity contribution in [2.75, 3.05) is 20.3 Å². The average molecular weight is 344 g/mol. The van der Waals surface area contributed by atoms with E-state index < -0.39 is 0 Å². The maximum atomic E-state index is 12.7. The fraction of sp³-hybridized carbons (Fsp3) is 0.500. The van der Waals surface area contributed by atoms with Gasteiger partial charge in [-0.3, -0.25) is 9.89 Å². The van der Waals surface area contributed by atoms with Crippen LogP contribution in [0.2, 0.25) is 0 Å². The van der Waals surface area contributed by atoms with E-state index in [1.165, 1.54) is 0 Å². The van der Waals surface area contributed by atoms with Crippen molar-refractivity contribution in [3.8, 4) is 11.5 Å². The van der Waals surface area contributed by atoms with E-state index >= 15 is 0 Å². The highest BCUT2D eigenvalue weighted by Gasteiger charge is 2.30. The molecular formula is C18H24N4O3. The minimum absolute atomic E-state index is 0.0440. The quantitative estimate of drug-likeness (QED) is 0.871. The van der Waals surface area contributed by atoms with Crippen LogP contribution in [-0.4, -0.2) is 46.2 Å². The second-order valence-corrected chi connectivity index (χ2v) is 6.13. The first-order valence-electron chi connectivity index (χ1n) is 8.63. The molecule has 2 heterocycles. The number of benzene rings is 1. The van der Waals surface area contributed by atoms with Crippen molar-refractivity contribution >= 4 is 5.91 Å². The normalized spacial score (nSPS) is 17.4. The molecule has 7 heteroatoms. The molecule has 134 valence electrons. The molecule has 2 aromatic rings. The molecule has 1 amide bonds. The van der Waals surface area contributed by atoms with E-state index in [1.54, 1.807) is 7.11 Å². The predicted octanol–water partition coefficient (Wildman–Crippen LogP) is 2.64. The number of H-pyrrole nitrogens is 1. The Balaban J connectivity index is 1.59. The zero-order valence-corrected chi connectivity index (χ0v) is 14.7. The van der Waals surface area contributed by atoms with Gasteiger partial charge in [-0.15, -0.1) is 0 Å². The van der Waals surface area contributed by atoms with Gasteiger partial charge in [0.2, 0.25) is 5.91 Å². The molecule has 1 N–H and O–H groups in total. The molecule has 0 aliphatic carbocycles. The molecule has 0 saturated carbocycles. The third-order valence-electron chi connectivity index (χ3n) is 4.38. The van der Waals surface area contributed by atoms with Gasteiger partial charge in [-0.25, -0.2) is 4.98 Å². The van der Waals surface area contributed by atoms with Crippen LogP contribution in [0.25, 0.3) is 0 Å². The fourth-order valence-electron chi connectivity index (χ4n) is 3.14. The van der Waals surface area contributed by atoms with E-state index in [0.29, 0.717) is 30.4 Å². The fourth-order valence-corrected chi connectivity index (χ4v) is 3.14. The molecule has 1 aliphatic rings. The summed E-state index contributed by atoms with van der Waals surface area (Å²) in [7, 11) is 1.60. The number of carbonyl (C=O) groups is 1. The molecule has 0 spiro atoms. The highest BCUT2D eigenvalue weighted by atomic mass is 16.5. The largest absolute Gasteiger partial charge is 0.493 e. The molecular weight excluding hydrogens is 320 g/mol. The van der Waals surface area contributed by atoms with Crippen LogP contribution in [0.3, 0.4) is 0 Å². The summed E-state index contributed by atoms with van der Waals surface area (Å²) in [5.74, 6) is 2.87. The van der Waals surface area contributed by atoms with Crippen molar-refractivity contribution in [1.29, 1.82) is 0 Å². The SMILES string of the molecule is COc1ccccc1OCCC(=O)N1CCCC[C@@H]1c1n[nH]c(C)n1. The third kappa shape index (κ3) is 4.10. The summed E-state index contributed by atoms with van der Waals surface area (Å²) in [5, 5.41) is 7.11. The van der Waals surface area contributed by atoms with E-state index in [0.717, 1.165) is 31.6 Å². The lowest BCUT2D eigenvalue weighted by Gasteiger charge is -2.34. The summed E-state index contributed by atoms with van der Waals surface area (Å²) in [5.41, 5.74) is 0. The number of rotatable bonds is 6. The smallest absolute Gasteiger partial charge is 0.226 e. The van der Waals surface area contributed by atoms with Gasteiger partial charge in [-0.1, -0.05) is 12.1 Å². The Bertz CT molecular complexity index is 716. The summed E-state index contributed by atoms with van der Waals surface area (Å²) in [4.78, 5) is 19.0. The Morgan fingerprint density at radius 2 is 2.12 bits per heavy atom. The minimum atomic E-state index is -0.0440. The number of aryl methyl sites for hydroxylation is 1. The van der Waals surface area contributed by atoms with Crippen LogP contribution in [0.1, 0.15) is 43.4 Å². The molecule has 1 atom stereocenters. The monoisotopic (exact) mass is 344 g/mol. The summed E-state index contributed by atoms with van der Waals surface area (Å²) in [6.07, 6.45) is 3.31. The van der Waals surface area contributed by atoms with Crippen LogP contribution >= 0.6 is 0 Å². The summed E-state index contributed by atoms with van der Waals surface area (Å²) < 4.78 is 11.0. The van der Waals surface area contributed by atoms with Gasteiger partial charge < -0.3 is 14.4 Å². The second-order valence-electron chi connectivity index (χ2n) is 6.13. The molecule has 1 aromatic carbocycles. The zero-order chi connectivity index (χ0) is 17.6. The Morgan fingerprint density at radius 1 is 1.32 bits per heavy atom. The Kier molecular flexibility index (Phi) is 5.53. The van der Waals surface area contributed by atoms with Gasteiger partial charge in [0.1, 0.15) is 5.82 Å². The molecule has 0 bridgehead atoms. The van der Waals surface area contributed by atoms with Crippen LogP contribution in [0.4, 0.5) is 0 Å². The number of aromatic amines is 1. The van der Waals surface area contributed by atoms with Gasteiger partial charge in [0.25, 0.3) is 0 Å². The standard InChI is InChI=1S/C18H24N4O3/c1-13-19-18(21-20-13)14-7-5-6-11-22(14)17(23)10-12-25-16-9-4-3-8-15(16)24-2/h3-4,8-9,14H,5-7,10-12H2,1-2H3,(H,19,20,21)/t14-/m1/s1. The molecule has 1 aliphatic heterocycles. The Labute approximate surface area is 147 Å². The van der Waals surface area contributed by atoms with E-state index in [-0.39, 0.29) is 11.9 Å². The number of aromatic nitrogens is 3. The van der Waals surface area contributed by atoms with Gasteiger partial charge in [-0.05, 0) is 38.3 Å². The number of likely N-dealkylation sites (tertiary alicyclic amines) is 1. The summed E-state index contributed by atoms with van der Waals surface area (Å²) >= 11 is 0. The second kappa shape index (κ2) is 8.00. The van der Waals surface area contributed by atoms with Crippen LogP contribution < -0.4 is 9.47 Å². The maximum absolute atomic E-state index is 12.7. The average Bonchev–Trinajstić information content (AvgIpc) is 3.08. The lowest BCUT2D eigenvalue weighted by molar-refractivity contribution is -0.135. The van der Waals surface area contributed by atoms with Gasteiger partial charge in [0, 0.05) is 6.54 Å². The number of nitrogens with zero attached hydrogens (tertiary/aromatic N) is 3. The highest BCUT2D eigenvalue weighted by molar-refractivity contribution is 5.76. The first-order chi connectivity index (χ1) is 12.2. The lowest BCUT2D eigenvalue weighted by atomic mass is 10.0. The molecule has 25 heavy (non-hydrogen) atoms. The van der Waals surface area contributed by atoms with Crippen molar-refractivity contribution < 1.29 is 14.3 Å². The Hall–Kier alpha value is -2.57. The van der Waals surface area contributed by atoms with Crippen molar-refractivity contribution in [3.63, 3.8) is 0 Å². The number of hydrogen-bond acceptors (Lipinski definition) is 5. The molecule has 1 saturated heterocycles. The Morgan fingerprint density at radius 3 is 2.84 bits per heavy atom. The number of amides is 1. The summed E-state index contributed by atoms with van der Waals surface area (Å²) in [6.45, 7) is 2.92. The first kappa shape index (κ1) is 17.3. The third-order valence-corrected chi connectivity index (χ3v) is 4.38. The molecule has 0 radical (unpaired) electrons. The van der Waals surface area contributed by atoms with E-state index in [2.05, 4.69) is 15.2 Å². The van der Waals surface area contributed by atoms with Gasteiger partial charge in [0.05, 0.1) is 26.2 Å². The van der Waals surface area contributed by atoms with Crippen LogP contribution in [0, 0.1) is 6.92 Å². The van der Waals surface area contributed by atoms with Crippen molar-refractivity contribution in [3.05, 3.63) is 35.9 Å². The molecule has 0 unspecified atom stereocenters. The minimum Gasteiger partial charge on any atom is -0.493 e. The maximum Gasteiger partial charge on any atom is 0.226 e. The van der Waals surface area contributed by atoms with Crippen molar-refractivity contribution in [2.24, 2.45) is 0 Å². The topological polar surface area (TPSA) is 80.3 Å². The molecule has 7 nitrogen and oxygen atoms in total. The van der Waals surface area contributed by atoms with Gasteiger partial charge in [-0.2, -0.15) is 5.10 Å². The number of piperidine rings is 1. The van der Waals surface area contributed by atoms with Crippen LogP contribution in [-0.2, 0) is 4.79 Å². The van der Waals surface area contributed by atoms with E-state index in [9.17, 15) is 4.79 Å². The summed E-state index contributed by atoms with van der Waals surface area (Å²) in [6, 6.07) is 7.39. The van der Waals surface area contributed by atoms with E-state index in [4.69, 9.17) is 9.47 Å². The number of ether oxygens (including phenoxy) is 2. The lowest BCUT2D eigenvalue weighted by Crippen LogP contribution is -2.39. The van der Waals surface area contributed by atoms with Gasteiger partial charge >= 0.3 is 0 Å². The first-order valence-corrected chi connectivity index (χ1v) is 8.63. The van der Waals surface area contributed by atoms with Crippen molar-refractivity contribution in [1.82, 2.24) is 20.1 Å². The zero-order valence-electron chi connectivity index (χ0n) is 14.7. The van der Waals surface area contributed by atoms with Crippen molar-refractivity contribution in [2.45, 2.75) is 38.6 Å². The number of nitrogens with one attached hydrogen (secondary N) is 1. The molecule has 1 aromatic heterocycles. The number of para-hydroxylation sites is 2. The number of methoxy groups -OCH3 is 1. The molecule has 3 rings (SSSR count). The predicted molar refractivity (Wildman–Crippen MR) is 92.5 cm³/mol. The highest BCUT2D eigenvalue weighted by Crippen LogP contribution is 2.30. The number of carbonyl (C=O) groups excluding carboxylic acids is 1. The van der Waals surface area contributed by atoms with E-state index in [1.807, 2.05) is 36.1 Å². The van der Waals surface area contributed by atoms with Gasteiger partial charge in [0.15, 0.2) is 17.3 Å². The van der Waals surface area contributed by atoms with Crippen LogP contribution in [0.5, 0.6) is 11.5 Å². The number of hydrogen-bond donors (Lipinski definition) is 1.